The van der Waals surface area contributed by atoms with Crippen molar-refractivity contribution in [2.75, 3.05) is 24.2 Å². The lowest BCUT2D eigenvalue weighted by molar-refractivity contribution is -0.121. The minimum Gasteiger partial charge on any atom is -0.396 e. The summed E-state index contributed by atoms with van der Waals surface area (Å²) >= 11 is 0. The first-order valence-electron chi connectivity index (χ1n) is 6.07. The summed E-state index contributed by atoms with van der Waals surface area (Å²) < 4.78 is 0. The van der Waals surface area contributed by atoms with E-state index in [2.05, 4.69) is 10.3 Å². The smallest absolute Gasteiger partial charge is 0.239 e. The fraction of sp³-hybridized carbons (Fsp3) is 0.538. The van der Waals surface area contributed by atoms with Crippen molar-refractivity contribution in [3.63, 3.8) is 0 Å². The van der Waals surface area contributed by atoms with Crippen LogP contribution in [0.15, 0.2) is 18.5 Å². The van der Waals surface area contributed by atoms with Gasteiger partial charge in [0.25, 0.3) is 0 Å². The molecule has 18 heavy (non-hydrogen) atoms. The topological polar surface area (TPSA) is 71.2 Å². The monoisotopic (exact) mass is 250 g/mol. The molecule has 0 aromatic carbocycles. The molecule has 3 N–H and O–H groups in total. The molecular formula is C13H22N4O. The molecule has 0 unspecified atom stereocenters. The van der Waals surface area contributed by atoms with E-state index in [-0.39, 0.29) is 18.0 Å². The molecule has 1 rings (SSSR count). The number of aromatic nitrogens is 1. The maximum atomic E-state index is 11.9. The van der Waals surface area contributed by atoms with Crippen LogP contribution in [0.1, 0.15) is 27.2 Å². The van der Waals surface area contributed by atoms with Gasteiger partial charge in [0.05, 0.1) is 24.1 Å². The molecule has 1 heterocycles. The van der Waals surface area contributed by atoms with E-state index in [1.807, 2.05) is 32.7 Å². The maximum absolute atomic E-state index is 11.9. The molecule has 0 aliphatic carbocycles. The third-order valence-corrected chi connectivity index (χ3v) is 2.98. The molecule has 0 radical (unpaired) electrons. The number of nitrogens with one attached hydrogen (secondary N) is 1. The van der Waals surface area contributed by atoms with E-state index < -0.39 is 0 Å². The van der Waals surface area contributed by atoms with Crippen LogP contribution in [0.5, 0.6) is 0 Å². The van der Waals surface area contributed by atoms with Crippen molar-refractivity contribution in [2.45, 2.75) is 32.7 Å². The van der Waals surface area contributed by atoms with Crippen molar-refractivity contribution in [3.8, 4) is 0 Å². The van der Waals surface area contributed by atoms with Gasteiger partial charge in [0.1, 0.15) is 0 Å². The van der Waals surface area contributed by atoms with Crippen LogP contribution in [0, 0.1) is 0 Å². The summed E-state index contributed by atoms with van der Waals surface area (Å²) in [7, 11) is 1.84. The van der Waals surface area contributed by atoms with Crippen LogP contribution in [0.2, 0.25) is 0 Å². The first-order valence-corrected chi connectivity index (χ1v) is 6.07. The number of hydrogen-bond acceptors (Lipinski definition) is 4. The van der Waals surface area contributed by atoms with Crippen LogP contribution >= 0.6 is 0 Å². The Balaban J connectivity index is 2.63. The molecular weight excluding hydrogens is 228 g/mol. The zero-order valence-electron chi connectivity index (χ0n) is 11.5. The van der Waals surface area contributed by atoms with Gasteiger partial charge in [0.15, 0.2) is 0 Å². The zero-order chi connectivity index (χ0) is 13.8. The predicted octanol–water partition coefficient (Wildman–Crippen LogP) is 1.40. The summed E-state index contributed by atoms with van der Waals surface area (Å²) in [6.45, 7) is 6.33. The number of anilines is 2. The number of rotatable bonds is 5. The van der Waals surface area contributed by atoms with Gasteiger partial charge < -0.3 is 16.0 Å². The van der Waals surface area contributed by atoms with Crippen molar-refractivity contribution >= 4 is 17.3 Å². The van der Waals surface area contributed by atoms with Crippen LogP contribution in [0.25, 0.3) is 0 Å². The Kier molecular flexibility index (Phi) is 4.53. The molecule has 1 amide bonds. The molecule has 0 saturated heterocycles. The highest BCUT2D eigenvalue weighted by Gasteiger charge is 2.19. The summed E-state index contributed by atoms with van der Waals surface area (Å²) in [5, 5.41) is 2.99. The number of hydrogen-bond donors (Lipinski definition) is 2. The quantitative estimate of drug-likeness (QED) is 0.828. The Morgan fingerprint density at radius 2 is 2.22 bits per heavy atom. The number of pyridine rings is 1. The lowest BCUT2D eigenvalue weighted by Gasteiger charge is -2.27. The number of likely N-dealkylation sites (N-methyl/N-ethyl adjacent to an activating group) is 1. The Labute approximate surface area is 108 Å². The van der Waals surface area contributed by atoms with Crippen molar-refractivity contribution in [2.24, 2.45) is 0 Å². The van der Waals surface area contributed by atoms with Crippen molar-refractivity contribution in [1.29, 1.82) is 0 Å². The molecule has 0 saturated carbocycles. The number of amides is 1. The van der Waals surface area contributed by atoms with Crippen molar-refractivity contribution in [1.82, 2.24) is 10.3 Å². The van der Waals surface area contributed by atoms with Crippen molar-refractivity contribution in [3.05, 3.63) is 18.5 Å². The second-order valence-electron chi connectivity index (χ2n) is 5.08. The van der Waals surface area contributed by atoms with E-state index in [0.29, 0.717) is 5.69 Å². The summed E-state index contributed by atoms with van der Waals surface area (Å²) in [5.74, 6) is -0.0134. The molecule has 0 atom stereocenters. The summed E-state index contributed by atoms with van der Waals surface area (Å²) in [4.78, 5) is 17.6. The highest BCUT2D eigenvalue weighted by atomic mass is 16.2. The molecule has 0 aliphatic rings. The number of nitrogens with two attached hydrogens (primary N) is 1. The van der Waals surface area contributed by atoms with Crippen LogP contribution in [0.3, 0.4) is 0 Å². The minimum absolute atomic E-state index is 0.0134. The van der Waals surface area contributed by atoms with Crippen LogP contribution in [-0.2, 0) is 4.79 Å². The van der Waals surface area contributed by atoms with E-state index in [1.54, 1.807) is 18.5 Å². The summed E-state index contributed by atoms with van der Waals surface area (Å²) in [5.41, 5.74) is 7.02. The van der Waals surface area contributed by atoms with Gasteiger partial charge >= 0.3 is 0 Å². The first kappa shape index (κ1) is 14.3. The number of nitrogens with zero attached hydrogens (tertiary/aromatic N) is 2. The van der Waals surface area contributed by atoms with Crippen LogP contribution in [-0.4, -0.2) is 30.0 Å². The van der Waals surface area contributed by atoms with Gasteiger partial charge in [-0.05, 0) is 26.3 Å². The van der Waals surface area contributed by atoms with Crippen LogP contribution in [0.4, 0.5) is 11.4 Å². The molecule has 0 spiro atoms. The predicted molar refractivity (Wildman–Crippen MR) is 74.4 cm³/mol. The zero-order valence-corrected chi connectivity index (χ0v) is 11.5. The van der Waals surface area contributed by atoms with E-state index in [0.717, 1.165) is 12.1 Å². The van der Waals surface area contributed by atoms with Gasteiger partial charge in [-0.3, -0.25) is 9.78 Å². The van der Waals surface area contributed by atoms with Gasteiger partial charge in [-0.1, -0.05) is 6.92 Å². The average molecular weight is 250 g/mol. The standard InChI is InChI=1S/C13H22N4O/c1-5-13(2,3)16-12(18)9-17(4)11-6-7-15-8-10(11)14/h6-8H,5,9,14H2,1-4H3,(H,16,18). The minimum atomic E-state index is -0.179. The lowest BCUT2D eigenvalue weighted by Crippen LogP contribution is -2.46. The highest BCUT2D eigenvalue weighted by Crippen LogP contribution is 2.19. The van der Waals surface area contributed by atoms with Crippen molar-refractivity contribution < 1.29 is 4.79 Å². The number of carbonyl (C=O) groups is 1. The van der Waals surface area contributed by atoms with Gasteiger partial charge in [0, 0.05) is 18.8 Å². The Bertz CT molecular complexity index is 417. The Hall–Kier alpha value is -1.78. The third kappa shape index (κ3) is 3.91. The molecule has 0 fully saturated rings. The number of carbonyl (C=O) groups excluding carboxylic acids is 1. The molecule has 0 aliphatic heterocycles. The second kappa shape index (κ2) is 5.71. The van der Waals surface area contributed by atoms with Gasteiger partial charge in [0.2, 0.25) is 5.91 Å². The molecule has 100 valence electrons. The van der Waals surface area contributed by atoms with E-state index in [4.69, 9.17) is 5.73 Å². The normalized spacial score (nSPS) is 11.1. The van der Waals surface area contributed by atoms with E-state index in [1.165, 1.54) is 0 Å². The van der Waals surface area contributed by atoms with Gasteiger partial charge in [-0.15, -0.1) is 0 Å². The molecule has 5 nitrogen and oxygen atoms in total. The molecule has 0 bridgehead atoms. The summed E-state index contributed by atoms with van der Waals surface area (Å²) in [6, 6.07) is 1.80. The van der Waals surface area contributed by atoms with E-state index >= 15 is 0 Å². The molecule has 1 aromatic heterocycles. The van der Waals surface area contributed by atoms with Gasteiger partial charge in [-0.25, -0.2) is 0 Å². The Morgan fingerprint density at radius 3 is 2.78 bits per heavy atom. The Morgan fingerprint density at radius 1 is 1.56 bits per heavy atom. The SMILES string of the molecule is CCC(C)(C)NC(=O)CN(C)c1ccncc1N. The lowest BCUT2D eigenvalue weighted by atomic mass is 10.0. The highest BCUT2D eigenvalue weighted by molar-refractivity contribution is 5.83. The van der Waals surface area contributed by atoms with E-state index in [9.17, 15) is 4.79 Å². The first-order chi connectivity index (χ1) is 8.35. The summed E-state index contributed by atoms with van der Waals surface area (Å²) in [6.07, 6.45) is 4.13. The third-order valence-electron chi connectivity index (χ3n) is 2.98. The second-order valence-corrected chi connectivity index (χ2v) is 5.08. The maximum Gasteiger partial charge on any atom is 0.239 e. The molecule has 1 aromatic rings. The van der Waals surface area contributed by atoms with Gasteiger partial charge in [-0.2, -0.15) is 0 Å². The largest absolute Gasteiger partial charge is 0.396 e. The van der Waals surface area contributed by atoms with Crippen LogP contribution < -0.4 is 16.0 Å². The number of nitrogen functional groups attached to an aromatic ring is 1. The molecule has 5 heteroatoms. The fourth-order valence-corrected chi connectivity index (χ4v) is 1.55. The average Bonchev–Trinajstić information content (AvgIpc) is 2.28. The fourth-order valence-electron chi connectivity index (χ4n) is 1.55.